The maximum atomic E-state index is 12.8. The van der Waals surface area contributed by atoms with Gasteiger partial charge < -0.3 is 10.4 Å². The van der Waals surface area contributed by atoms with Crippen LogP contribution in [0.1, 0.15) is 25.7 Å². The predicted molar refractivity (Wildman–Crippen MR) is 68.1 cm³/mol. The predicted octanol–water partition coefficient (Wildman–Crippen LogP) is 2.66. The van der Waals surface area contributed by atoms with Crippen molar-refractivity contribution in [1.82, 2.24) is 0 Å². The Labute approximate surface area is 110 Å². The number of carbonyl (C=O) groups excluding carboxylic acids is 1. The molecule has 4 nitrogen and oxygen atoms in total. The van der Waals surface area contributed by atoms with Crippen LogP contribution in [0.2, 0.25) is 0 Å². The van der Waals surface area contributed by atoms with Gasteiger partial charge in [-0.25, -0.2) is 4.39 Å². The lowest BCUT2D eigenvalue weighted by atomic mass is 9.78. The van der Waals surface area contributed by atoms with E-state index in [2.05, 4.69) is 5.32 Å². The summed E-state index contributed by atoms with van der Waals surface area (Å²) >= 11 is 0. The number of hydrogen-bond acceptors (Lipinski definition) is 2. The standard InChI is InChI=1S/C14H16FNO3/c15-9-5-7-10(8-6-9)16-13(17)11-3-1-2-4-12(11)14(18)19/h5-8,11-12H,1-4H2,(H,16,17)(H,18,19)/t11-,12+/m1/s1. The van der Waals surface area contributed by atoms with Crippen molar-refractivity contribution < 1.29 is 19.1 Å². The van der Waals surface area contributed by atoms with Crippen molar-refractivity contribution in [2.24, 2.45) is 11.8 Å². The molecule has 1 amide bonds. The molecule has 0 bridgehead atoms. The summed E-state index contributed by atoms with van der Waals surface area (Å²) in [6.07, 6.45) is 2.84. The Morgan fingerprint density at radius 3 is 2.26 bits per heavy atom. The highest BCUT2D eigenvalue weighted by Crippen LogP contribution is 2.31. The van der Waals surface area contributed by atoms with E-state index in [0.29, 0.717) is 18.5 Å². The molecule has 0 aromatic heterocycles. The van der Waals surface area contributed by atoms with Gasteiger partial charge in [0.25, 0.3) is 0 Å². The van der Waals surface area contributed by atoms with Gasteiger partial charge >= 0.3 is 5.97 Å². The van der Waals surface area contributed by atoms with Gasteiger partial charge in [-0.1, -0.05) is 12.8 Å². The Bertz CT molecular complexity index is 472. The van der Waals surface area contributed by atoms with Crippen molar-refractivity contribution >= 4 is 17.6 Å². The Morgan fingerprint density at radius 1 is 1.11 bits per heavy atom. The molecule has 0 unspecified atom stereocenters. The molecule has 1 aromatic rings. The van der Waals surface area contributed by atoms with Crippen molar-refractivity contribution in [3.05, 3.63) is 30.1 Å². The van der Waals surface area contributed by atoms with Crippen LogP contribution in [0.5, 0.6) is 0 Å². The highest BCUT2D eigenvalue weighted by Gasteiger charge is 2.35. The molecule has 1 saturated carbocycles. The molecule has 1 aromatic carbocycles. The first-order valence-electron chi connectivity index (χ1n) is 6.37. The third-order valence-electron chi connectivity index (χ3n) is 3.53. The summed E-state index contributed by atoms with van der Waals surface area (Å²) in [7, 11) is 0. The van der Waals surface area contributed by atoms with Crippen LogP contribution >= 0.6 is 0 Å². The summed E-state index contributed by atoms with van der Waals surface area (Å²) in [5.74, 6) is -2.71. The maximum absolute atomic E-state index is 12.8. The number of nitrogens with one attached hydrogen (secondary N) is 1. The SMILES string of the molecule is O=C(O)[C@H]1CCCC[C@H]1C(=O)Nc1ccc(F)cc1. The van der Waals surface area contributed by atoms with Crippen LogP contribution in [0, 0.1) is 17.7 Å². The first-order valence-corrected chi connectivity index (χ1v) is 6.37. The third kappa shape index (κ3) is 3.30. The van der Waals surface area contributed by atoms with E-state index in [-0.39, 0.29) is 11.7 Å². The Morgan fingerprint density at radius 2 is 1.68 bits per heavy atom. The number of carbonyl (C=O) groups is 2. The van der Waals surface area contributed by atoms with Gasteiger partial charge in [0.05, 0.1) is 11.8 Å². The summed E-state index contributed by atoms with van der Waals surface area (Å²) < 4.78 is 12.8. The van der Waals surface area contributed by atoms with Gasteiger partial charge in [-0.05, 0) is 37.1 Å². The Kier molecular flexibility index (Phi) is 4.14. The van der Waals surface area contributed by atoms with E-state index in [1.54, 1.807) is 0 Å². The van der Waals surface area contributed by atoms with E-state index in [4.69, 9.17) is 5.11 Å². The van der Waals surface area contributed by atoms with Gasteiger partial charge in [-0.2, -0.15) is 0 Å². The molecule has 0 radical (unpaired) electrons. The molecule has 19 heavy (non-hydrogen) atoms. The van der Waals surface area contributed by atoms with Gasteiger partial charge in [0.15, 0.2) is 0 Å². The van der Waals surface area contributed by atoms with Crippen molar-refractivity contribution in [2.75, 3.05) is 5.32 Å². The van der Waals surface area contributed by atoms with Crippen LogP contribution in [0.4, 0.5) is 10.1 Å². The zero-order valence-electron chi connectivity index (χ0n) is 10.4. The smallest absolute Gasteiger partial charge is 0.307 e. The van der Waals surface area contributed by atoms with E-state index >= 15 is 0 Å². The molecular formula is C14H16FNO3. The van der Waals surface area contributed by atoms with Crippen LogP contribution in [0.15, 0.2) is 24.3 Å². The van der Waals surface area contributed by atoms with E-state index in [0.717, 1.165) is 12.8 Å². The van der Waals surface area contributed by atoms with E-state index in [1.807, 2.05) is 0 Å². The second-order valence-corrected chi connectivity index (χ2v) is 4.83. The lowest BCUT2D eigenvalue weighted by molar-refractivity contribution is -0.147. The number of carboxylic acid groups (broad SMARTS) is 1. The van der Waals surface area contributed by atoms with Crippen LogP contribution in [0.3, 0.4) is 0 Å². The summed E-state index contributed by atoms with van der Waals surface area (Å²) in [6, 6.07) is 5.44. The molecule has 1 aliphatic rings. The van der Waals surface area contributed by atoms with Gasteiger partial charge in [0, 0.05) is 5.69 Å². The quantitative estimate of drug-likeness (QED) is 0.883. The lowest BCUT2D eigenvalue weighted by Crippen LogP contribution is -2.36. The molecule has 1 fully saturated rings. The zero-order chi connectivity index (χ0) is 13.8. The summed E-state index contributed by atoms with van der Waals surface area (Å²) in [5, 5.41) is 11.8. The summed E-state index contributed by atoms with van der Waals surface area (Å²) in [6.45, 7) is 0. The van der Waals surface area contributed by atoms with Crippen molar-refractivity contribution in [2.45, 2.75) is 25.7 Å². The van der Waals surface area contributed by atoms with E-state index < -0.39 is 17.8 Å². The average Bonchev–Trinajstić information content (AvgIpc) is 2.41. The largest absolute Gasteiger partial charge is 0.481 e. The molecule has 0 spiro atoms. The van der Waals surface area contributed by atoms with Gasteiger partial charge in [-0.15, -0.1) is 0 Å². The minimum atomic E-state index is -0.918. The number of amides is 1. The molecule has 5 heteroatoms. The number of hydrogen-bond donors (Lipinski definition) is 2. The average molecular weight is 265 g/mol. The minimum absolute atomic E-state index is 0.293. The summed E-state index contributed by atoms with van der Waals surface area (Å²) in [4.78, 5) is 23.2. The Hall–Kier alpha value is -1.91. The van der Waals surface area contributed by atoms with Crippen LogP contribution in [0.25, 0.3) is 0 Å². The topological polar surface area (TPSA) is 66.4 Å². The van der Waals surface area contributed by atoms with Crippen LogP contribution in [-0.2, 0) is 9.59 Å². The normalized spacial score (nSPS) is 22.8. The molecule has 1 aliphatic carbocycles. The molecule has 2 atom stereocenters. The van der Waals surface area contributed by atoms with Gasteiger partial charge in [0.1, 0.15) is 5.82 Å². The van der Waals surface area contributed by atoms with Crippen LogP contribution in [-0.4, -0.2) is 17.0 Å². The maximum Gasteiger partial charge on any atom is 0.307 e. The first-order chi connectivity index (χ1) is 9.08. The van der Waals surface area contributed by atoms with E-state index in [1.165, 1.54) is 24.3 Å². The van der Waals surface area contributed by atoms with Gasteiger partial charge in [-0.3, -0.25) is 9.59 Å². The number of anilines is 1. The second kappa shape index (κ2) is 5.82. The van der Waals surface area contributed by atoms with Crippen molar-refractivity contribution in [3.8, 4) is 0 Å². The number of aliphatic carboxylic acids is 1. The van der Waals surface area contributed by atoms with E-state index in [9.17, 15) is 14.0 Å². The van der Waals surface area contributed by atoms with Gasteiger partial charge in [0.2, 0.25) is 5.91 Å². The second-order valence-electron chi connectivity index (χ2n) is 4.83. The fraction of sp³-hybridized carbons (Fsp3) is 0.429. The van der Waals surface area contributed by atoms with Crippen molar-refractivity contribution in [1.29, 1.82) is 0 Å². The lowest BCUT2D eigenvalue weighted by Gasteiger charge is -2.27. The highest BCUT2D eigenvalue weighted by molar-refractivity contribution is 5.95. The highest BCUT2D eigenvalue weighted by atomic mass is 19.1. The molecule has 2 N–H and O–H groups in total. The monoisotopic (exact) mass is 265 g/mol. The Balaban J connectivity index is 2.05. The zero-order valence-corrected chi connectivity index (χ0v) is 10.4. The molecule has 0 heterocycles. The number of halogens is 1. The first kappa shape index (κ1) is 13.5. The molecule has 0 saturated heterocycles. The van der Waals surface area contributed by atoms with Crippen LogP contribution < -0.4 is 5.32 Å². The molecular weight excluding hydrogens is 249 g/mol. The molecule has 0 aliphatic heterocycles. The number of benzene rings is 1. The third-order valence-corrected chi connectivity index (χ3v) is 3.53. The number of carboxylic acids is 1. The fourth-order valence-electron chi connectivity index (χ4n) is 2.51. The molecule has 2 rings (SSSR count). The molecule has 102 valence electrons. The minimum Gasteiger partial charge on any atom is -0.481 e. The number of rotatable bonds is 3. The van der Waals surface area contributed by atoms with Crippen molar-refractivity contribution in [3.63, 3.8) is 0 Å². The fourth-order valence-corrected chi connectivity index (χ4v) is 2.51. The summed E-state index contributed by atoms with van der Waals surface area (Å²) in [5.41, 5.74) is 0.487.